The Labute approximate surface area is 120 Å². The molecule has 1 aromatic rings. The van der Waals surface area contributed by atoms with E-state index in [1.807, 2.05) is 19.1 Å². The van der Waals surface area contributed by atoms with Crippen LogP contribution >= 0.6 is 11.6 Å². The molecule has 0 saturated heterocycles. The number of aliphatic imine (C=N–C) groups is 1. The normalized spacial score (nSPS) is 11.8. The molecule has 0 fully saturated rings. The standard InChI is InChI=1S/C14H21ClN4/c1-3-4-5-9-17-14(16-2)18-10-8-12-6-7-13(15)19-11-12/h3-4,6-7,11H,5,8-10H2,1-2H3,(H2,16,17,18)/b4-3+. The third-order valence-corrected chi connectivity index (χ3v) is 2.78. The van der Waals surface area contributed by atoms with Crippen molar-refractivity contribution >= 4 is 17.6 Å². The summed E-state index contributed by atoms with van der Waals surface area (Å²) in [5.41, 5.74) is 1.15. The Bertz CT molecular complexity index is 412. The average molecular weight is 281 g/mol. The molecule has 1 aromatic heterocycles. The second-order valence-corrected chi connectivity index (χ2v) is 4.41. The Balaban J connectivity index is 2.24. The van der Waals surface area contributed by atoms with Crippen LogP contribution < -0.4 is 10.6 Å². The minimum absolute atomic E-state index is 0.526. The van der Waals surface area contributed by atoms with Crippen molar-refractivity contribution in [3.05, 3.63) is 41.2 Å². The Morgan fingerprint density at radius 1 is 1.37 bits per heavy atom. The van der Waals surface area contributed by atoms with Gasteiger partial charge in [-0.2, -0.15) is 0 Å². The van der Waals surface area contributed by atoms with E-state index in [-0.39, 0.29) is 0 Å². The molecule has 1 rings (SSSR count). The highest BCUT2D eigenvalue weighted by Gasteiger charge is 1.97. The molecular weight excluding hydrogens is 260 g/mol. The summed E-state index contributed by atoms with van der Waals surface area (Å²) in [4.78, 5) is 8.22. The van der Waals surface area contributed by atoms with Gasteiger partial charge in [0.1, 0.15) is 5.15 Å². The molecule has 0 amide bonds. The van der Waals surface area contributed by atoms with Gasteiger partial charge in [0, 0.05) is 26.3 Å². The van der Waals surface area contributed by atoms with Crippen LogP contribution in [0.25, 0.3) is 0 Å². The zero-order chi connectivity index (χ0) is 13.9. The van der Waals surface area contributed by atoms with Crippen LogP contribution in [0, 0.1) is 0 Å². The number of nitrogens with one attached hydrogen (secondary N) is 2. The van der Waals surface area contributed by atoms with E-state index in [2.05, 4.69) is 26.7 Å². The van der Waals surface area contributed by atoms with E-state index in [0.29, 0.717) is 5.15 Å². The first-order chi connectivity index (χ1) is 9.26. The highest BCUT2D eigenvalue weighted by atomic mass is 35.5. The lowest BCUT2D eigenvalue weighted by Crippen LogP contribution is -2.38. The molecule has 0 bridgehead atoms. The van der Waals surface area contributed by atoms with Crippen LogP contribution in [0.3, 0.4) is 0 Å². The first-order valence-electron chi connectivity index (χ1n) is 6.42. The van der Waals surface area contributed by atoms with Gasteiger partial charge in [-0.15, -0.1) is 0 Å². The quantitative estimate of drug-likeness (QED) is 0.277. The molecule has 104 valence electrons. The van der Waals surface area contributed by atoms with Crippen LogP contribution in [-0.4, -0.2) is 31.1 Å². The van der Waals surface area contributed by atoms with Gasteiger partial charge in [0.25, 0.3) is 0 Å². The van der Waals surface area contributed by atoms with Gasteiger partial charge in [-0.05, 0) is 31.4 Å². The summed E-state index contributed by atoms with van der Waals surface area (Å²) >= 11 is 5.74. The van der Waals surface area contributed by atoms with Crippen molar-refractivity contribution in [1.82, 2.24) is 15.6 Å². The lowest BCUT2D eigenvalue weighted by molar-refractivity contribution is 0.790. The zero-order valence-corrected chi connectivity index (χ0v) is 12.2. The fraction of sp³-hybridized carbons (Fsp3) is 0.429. The Morgan fingerprint density at radius 2 is 2.16 bits per heavy atom. The van der Waals surface area contributed by atoms with Crippen molar-refractivity contribution in [3.63, 3.8) is 0 Å². The number of guanidine groups is 1. The summed E-state index contributed by atoms with van der Waals surface area (Å²) in [5.74, 6) is 0.825. The highest BCUT2D eigenvalue weighted by molar-refractivity contribution is 6.29. The molecule has 0 aliphatic rings. The van der Waals surface area contributed by atoms with Crippen LogP contribution in [0.2, 0.25) is 5.15 Å². The number of aromatic nitrogens is 1. The van der Waals surface area contributed by atoms with Crippen molar-refractivity contribution in [2.24, 2.45) is 4.99 Å². The topological polar surface area (TPSA) is 49.3 Å². The van der Waals surface area contributed by atoms with Crippen molar-refractivity contribution in [2.45, 2.75) is 19.8 Å². The van der Waals surface area contributed by atoms with E-state index < -0.39 is 0 Å². The fourth-order valence-corrected chi connectivity index (χ4v) is 1.65. The molecular formula is C14H21ClN4. The smallest absolute Gasteiger partial charge is 0.190 e. The van der Waals surface area contributed by atoms with E-state index in [9.17, 15) is 0 Å². The number of pyridine rings is 1. The van der Waals surface area contributed by atoms with Gasteiger partial charge >= 0.3 is 0 Å². The average Bonchev–Trinajstić information content (AvgIpc) is 2.43. The maximum atomic E-state index is 5.74. The lowest BCUT2D eigenvalue weighted by Gasteiger charge is -2.10. The fourth-order valence-electron chi connectivity index (χ4n) is 1.54. The minimum Gasteiger partial charge on any atom is -0.356 e. The highest BCUT2D eigenvalue weighted by Crippen LogP contribution is 2.05. The Kier molecular flexibility index (Phi) is 7.66. The third kappa shape index (κ3) is 6.82. The minimum atomic E-state index is 0.526. The van der Waals surface area contributed by atoms with Crippen LogP contribution in [0.1, 0.15) is 18.9 Å². The van der Waals surface area contributed by atoms with Crippen molar-refractivity contribution in [3.8, 4) is 0 Å². The van der Waals surface area contributed by atoms with Gasteiger partial charge in [0.2, 0.25) is 0 Å². The molecule has 5 heteroatoms. The molecule has 1 heterocycles. The number of allylic oxidation sites excluding steroid dienone is 1. The summed E-state index contributed by atoms with van der Waals surface area (Å²) in [6.07, 6.45) is 7.86. The molecule has 0 aliphatic heterocycles. The van der Waals surface area contributed by atoms with Gasteiger partial charge < -0.3 is 10.6 Å². The third-order valence-electron chi connectivity index (χ3n) is 2.56. The molecule has 0 unspecified atom stereocenters. The van der Waals surface area contributed by atoms with E-state index >= 15 is 0 Å². The first-order valence-corrected chi connectivity index (χ1v) is 6.80. The summed E-state index contributed by atoms with van der Waals surface area (Å²) in [7, 11) is 1.77. The largest absolute Gasteiger partial charge is 0.356 e. The van der Waals surface area contributed by atoms with Crippen LogP contribution in [-0.2, 0) is 6.42 Å². The van der Waals surface area contributed by atoms with Crippen molar-refractivity contribution < 1.29 is 0 Å². The SMILES string of the molecule is C/C=C/CCNC(=NC)NCCc1ccc(Cl)nc1. The summed E-state index contributed by atoms with van der Waals surface area (Å²) in [6.45, 7) is 3.71. The number of halogens is 1. The van der Waals surface area contributed by atoms with E-state index in [4.69, 9.17) is 11.6 Å². The molecule has 0 aromatic carbocycles. The molecule has 4 nitrogen and oxygen atoms in total. The Hall–Kier alpha value is -1.55. The monoisotopic (exact) mass is 280 g/mol. The summed E-state index contributed by atoms with van der Waals surface area (Å²) in [5, 5.41) is 7.04. The predicted molar refractivity (Wildman–Crippen MR) is 81.7 cm³/mol. The molecule has 0 saturated carbocycles. The molecule has 0 atom stereocenters. The van der Waals surface area contributed by atoms with Crippen LogP contribution in [0.4, 0.5) is 0 Å². The number of hydrogen-bond acceptors (Lipinski definition) is 2. The maximum absolute atomic E-state index is 5.74. The van der Waals surface area contributed by atoms with Crippen molar-refractivity contribution in [2.75, 3.05) is 20.1 Å². The second kappa shape index (κ2) is 9.39. The van der Waals surface area contributed by atoms with Gasteiger partial charge in [0.05, 0.1) is 0 Å². The first kappa shape index (κ1) is 15.5. The number of nitrogens with zero attached hydrogens (tertiary/aromatic N) is 2. The summed E-state index contributed by atoms with van der Waals surface area (Å²) in [6, 6.07) is 3.79. The number of hydrogen-bond donors (Lipinski definition) is 2. The predicted octanol–water partition coefficient (Wildman–Crippen LogP) is 2.41. The van der Waals surface area contributed by atoms with Gasteiger partial charge in [-0.1, -0.05) is 29.8 Å². The zero-order valence-electron chi connectivity index (χ0n) is 11.5. The molecule has 19 heavy (non-hydrogen) atoms. The van der Waals surface area contributed by atoms with Crippen LogP contribution in [0.15, 0.2) is 35.5 Å². The van der Waals surface area contributed by atoms with Crippen LogP contribution in [0.5, 0.6) is 0 Å². The van der Waals surface area contributed by atoms with E-state index in [1.54, 1.807) is 19.3 Å². The molecule has 0 radical (unpaired) electrons. The molecule has 0 aliphatic carbocycles. The van der Waals surface area contributed by atoms with E-state index in [0.717, 1.165) is 37.5 Å². The number of rotatable bonds is 6. The van der Waals surface area contributed by atoms with Gasteiger partial charge in [-0.3, -0.25) is 4.99 Å². The lowest BCUT2D eigenvalue weighted by atomic mass is 10.2. The molecule has 0 spiro atoms. The van der Waals surface area contributed by atoms with Gasteiger partial charge in [0.15, 0.2) is 5.96 Å². The summed E-state index contributed by atoms with van der Waals surface area (Å²) < 4.78 is 0. The van der Waals surface area contributed by atoms with Crippen molar-refractivity contribution in [1.29, 1.82) is 0 Å². The Morgan fingerprint density at radius 3 is 2.79 bits per heavy atom. The second-order valence-electron chi connectivity index (χ2n) is 4.02. The van der Waals surface area contributed by atoms with Gasteiger partial charge in [-0.25, -0.2) is 4.98 Å². The maximum Gasteiger partial charge on any atom is 0.190 e. The molecule has 2 N–H and O–H groups in total. The van der Waals surface area contributed by atoms with E-state index in [1.165, 1.54) is 0 Å².